The minimum absolute atomic E-state index is 0.0408. The summed E-state index contributed by atoms with van der Waals surface area (Å²) in [7, 11) is 4.17. The van der Waals surface area contributed by atoms with E-state index in [1.54, 1.807) is 42.5 Å². The Balaban J connectivity index is 1.75. The highest BCUT2D eigenvalue weighted by Crippen LogP contribution is 2.51. The standard InChI is InChI=1S/C27H20FNO6/c1-32-19-12-17-21(26(25(19)33-2)35-13-14-8-10-15(28)11-9-14)24(30)22-20(27(31)34-3)16-6-4-5-7-18(16)29-23(17)22/h4-12H,13H2,1-3H3. The molecule has 0 N–H and O–H groups in total. The lowest BCUT2D eigenvalue weighted by Crippen LogP contribution is -2.11. The van der Waals surface area contributed by atoms with Gasteiger partial charge in [0.25, 0.3) is 0 Å². The first-order chi connectivity index (χ1) is 17.0. The molecule has 176 valence electrons. The van der Waals surface area contributed by atoms with E-state index in [4.69, 9.17) is 23.9 Å². The molecule has 7 nitrogen and oxygen atoms in total. The van der Waals surface area contributed by atoms with E-state index in [0.717, 1.165) is 0 Å². The number of ether oxygens (including phenoxy) is 4. The van der Waals surface area contributed by atoms with Gasteiger partial charge < -0.3 is 18.9 Å². The van der Waals surface area contributed by atoms with E-state index in [1.165, 1.54) is 33.5 Å². The molecule has 0 fully saturated rings. The maximum Gasteiger partial charge on any atom is 0.339 e. The van der Waals surface area contributed by atoms with Crippen molar-refractivity contribution in [2.24, 2.45) is 0 Å². The number of hydrogen-bond donors (Lipinski definition) is 0. The second-order valence-corrected chi connectivity index (χ2v) is 7.83. The van der Waals surface area contributed by atoms with Crippen LogP contribution in [0.4, 0.5) is 4.39 Å². The van der Waals surface area contributed by atoms with Crippen LogP contribution in [-0.2, 0) is 11.3 Å². The fraction of sp³-hybridized carbons (Fsp3) is 0.148. The Bertz CT molecular complexity index is 1500. The number of esters is 1. The van der Waals surface area contributed by atoms with Crippen LogP contribution in [0.3, 0.4) is 0 Å². The SMILES string of the molecule is COC(=O)c1c2c(nc3ccccc13)-c1cc(OC)c(OC)c(OCc3ccc(F)cc3)c1C2=O. The summed E-state index contributed by atoms with van der Waals surface area (Å²) in [4.78, 5) is 31.4. The van der Waals surface area contributed by atoms with Crippen molar-refractivity contribution in [3.05, 3.63) is 82.7 Å². The molecule has 0 radical (unpaired) electrons. The van der Waals surface area contributed by atoms with Gasteiger partial charge in [0.15, 0.2) is 11.5 Å². The van der Waals surface area contributed by atoms with E-state index in [1.807, 2.05) is 0 Å². The molecule has 3 aromatic carbocycles. The van der Waals surface area contributed by atoms with Gasteiger partial charge in [-0.1, -0.05) is 30.3 Å². The Labute approximate surface area is 200 Å². The molecule has 0 spiro atoms. The van der Waals surface area contributed by atoms with Crippen LogP contribution in [0.1, 0.15) is 31.8 Å². The van der Waals surface area contributed by atoms with Gasteiger partial charge in [-0.25, -0.2) is 14.2 Å². The van der Waals surface area contributed by atoms with Crippen molar-refractivity contribution in [2.75, 3.05) is 21.3 Å². The summed E-state index contributed by atoms with van der Waals surface area (Å²) in [6.07, 6.45) is 0. The molecule has 5 rings (SSSR count). The summed E-state index contributed by atoms with van der Waals surface area (Å²) in [5.41, 5.74) is 2.48. The number of hydrogen-bond acceptors (Lipinski definition) is 7. The number of para-hydroxylation sites is 1. The van der Waals surface area contributed by atoms with E-state index in [9.17, 15) is 14.0 Å². The lowest BCUT2D eigenvalue weighted by molar-refractivity contribution is 0.0600. The van der Waals surface area contributed by atoms with Gasteiger partial charge in [-0.2, -0.15) is 0 Å². The molecular formula is C27H20FNO6. The molecule has 4 aromatic rings. The molecule has 0 saturated heterocycles. The van der Waals surface area contributed by atoms with E-state index < -0.39 is 11.8 Å². The molecule has 1 aliphatic carbocycles. The van der Waals surface area contributed by atoms with E-state index in [-0.39, 0.29) is 40.6 Å². The fourth-order valence-electron chi connectivity index (χ4n) is 4.31. The summed E-state index contributed by atoms with van der Waals surface area (Å²) < 4.78 is 35.5. The number of aromatic nitrogens is 1. The molecule has 0 bridgehead atoms. The highest BCUT2D eigenvalue weighted by atomic mass is 19.1. The zero-order chi connectivity index (χ0) is 24.7. The number of pyridine rings is 1. The Hall–Kier alpha value is -4.46. The molecule has 0 amide bonds. The number of rotatable bonds is 6. The van der Waals surface area contributed by atoms with Crippen molar-refractivity contribution in [2.45, 2.75) is 6.61 Å². The van der Waals surface area contributed by atoms with Gasteiger partial charge >= 0.3 is 5.97 Å². The molecule has 0 saturated carbocycles. The molecule has 1 aliphatic rings. The third-order valence-corrected chi connectivity index (χ3v) is 5.91. The van der Waals surface area contributed by atoms with Crippen molar-refractivity contribution >= 4 is 22.7 Å². The first-order valence-electron chi connectivity index (χ1n) is 10.7. The van der Waals surface area contributed by atoms with Gasteiger partial charge in [0.05, 0.1) is 49.2 Å². The minimum atomic E-state index is -0.645. The summed E-state index contributed by atoms with van der Waals surface area (Å²) in [5, 5.41) is 0.506. The van der Waals surface area contributed by atoms with Crippen LogP contribution in [0.2, 0.25) is 0 Å². The summed E-state index contributed by atoms with van der Waals surface area (Å²) in [6, 6.07) is 14.5. The quantitative estimate of drug-likeness (QED) is 0.322. The van der Waals surface area contributed by atoms with Gasteiger partial charge in [0, 0.05) is 10.9 Å². The largest absolute Gasteiger partial charge is 0.493 e. The van der Waals surface area contributed by atoms with Crippen LogP contribution in [0, 0.1) is 5.82 Å². The topological polar surface area (TPSA) is 84.0 Å². The van der Waals surface area contributed by atoms with E-state index in [2.05, 4.69) is 0 Å². The Kier molecular flexibility index (Phi) is 5.56. The Morgan fingerprint density at radius 1 is 0.943 bits per heavy atom. The van der Waals surface area contributed by atoms with Gasteiger partial charge in [-0.3, -0.25) is 4.79 Å². The van der Waals surface area contributed by atoms with Crippen molar-refractivity contribution in [1.82, 2.24) is 4.98 Å². The van der Waals surface area contributed by atoms with Crippen molar-refractivity contribution < 1.29 is 32.9 Å². The highest BCUT2D eigenvalue weighted by molar-refractivity contribution is 6.29. The Morgan fingerprint density at radius 2 is 1.69 bits per heavy atom. The number of benzene rings is 3. The van der Waals surface area contributed by atoms with E-state index in [0.29, 0.717) is 33.5 Å². The third kappa shape index (κ3) is 3.54. The Morgan fingerprint density at radius 3 is 2.37 bits per heavy atom. The smallest absolute Gasteiger partial charge is 0.339 e. The summed E-state index contributed by atoms with van der Waals surface area (Å²) in [6.45, 7) is 0.0408. The number of carbonyl (C=O) groups is 2. The molecule has 35 heavy (non-hydrogen) atoms. The molecule has 0 unspecified atom stereocenters. The fourth-order valence-corrected chi connectivity index (χ4v) is 4.31. The summed E-state index contributed by atoms with van der Waals surface area (Å²) >= 11 is 0. The predicted molar refractivity (Wildman–Crippen MR) is 126 cm³/mol. The molecule has 1 heterocycles. The van der Waals surface area contributed by atoms with Gasteiger partial charge in [0.1, 0.15) is 12.4 Å². The maximum absolute atomic E-state index is 13.8. The molecule has 0 aliphatic heterocycles. The second kappa shape index (κ2) is 8.72. The van der Waals surface area contributed by atoms with Gasteiger partial charge in [-0.05, 0) is 29.8 Å². The lowest BCUT2D eigenvalue weighted by Gasteiger charge is -2.17. The highest BCUT2D eigenvalue weighted by Gasteiger charge is 2.39. The van der Waals surface area contributed by atoms with Crippen LogP contribution in [0.15, 0.2) is 54.6 Å². The van der Waals surface area contributed by atoms with Crippen LogP contribution in [0.25, 0.3) is 22.2 Å². The van der Waals surface area contributed by atoms with Crippen LogP contribution in [0.5, 0.6) is 17.2 Å². The van der Waals surface area contributed by atoms with Crippen LogP contribution >= 0.6 is 0 Å². The zero-order valence-corrected chi connectivity index (χ0v) is 19.2. The number of halogens is 1. The monoisotopic (exact) mass is 473 g/mol. The van der Waals surface area contributed by atoms with Crippen LogP contribution < -0.4 is 14.2 Å². The first kappa shape index (κ1) is 22.3. The molecule has 0 atom stereocenters. The average Bonchev–Trinajstić information content (AvgIpc) is 3.16. The minimum Gasteiger partial charge on any atom is -0.493 e. The van der Waals surface area contributed by atoms with Gasteiger partial charge in [-0.15, -0.1) is 0 Å². The molecule has 1 aromatic heterocycles. The first-order valence-corrected chi connectivity index (χ1v) is 10.7. The number of carbonyl (C=O) groups excluding carboxylic acids is 2. The molecule has 8 heteroatoms. The summed E-state index contributed by atoms with van der Waals surface area (Å²) in [5.74, 6) is -0.756. The lowest BCUT2D eigenvalue weighted by atomic mass is 9.99. The van der Waals surface area contributed by atoms with Crippen molar-refractivity contribution in [3.8, 4) is 28.5 Å². The normalized spacial score (nSPS) is 11.7. The van der Waals surface area contributed by atoms with Crippen LogP contribution in [-0.4, -0.2) is 38.1 Å². The van der Waals surface area contributed by atoms with Crippen molar-refractivity contribution in [3.63, 3.8) is 0 Å². The molecular weight excluding hydrogens is 453 g/mol. The predicted octanol–water partition coefficient (Wildman–Crippen LogP) is 4.97. The number of nitrogens with zero attached hydrogens (tertiary/aromatic N) is 1. The number of fused-ring (bicyclic) bond motifs is 4. The number of methoxy groups -OCH3 is 3. The van der Waals surface area contributed by atoms with Crippen molar-refractivity contribution in [1.29, 1.82) is 0 Å². The number of ketones is 1. The zero-order valence-electron chi connectivity index (χ0n) is 19.2. The maximum atomic E-state index is 13.8. The average molecular weight is 473 g/mol. The van der Waals surface area contributed by atoms with E-state index >= 15 is 0 Å². The third-order valence-electron chi connectivity index (χ3n) is 5.91. The van der Waals surface area contributed by atoms with Gasteiger partial charge in [0.2, 0.25) is 11.5 Å². The second-order valence-electron chi connectivity index (χ2n) is 7.83.